The molecule has 0 bridgehead atoms. The van der Waals surface area contributed by atoms with Crippen molar-refractivity contribution in [1.82, 2.24) is 14.5 Å². The van der Waals surface area contributed by atoms with Crippen LogP contribution in [0.4, 0.5) is 5.95 Å². The minimum Gasteiger partial charge on any atom is -0.390 e. The van der Waals surface area contributed by atoms with Crippen LogP contribution in [0.2, 0.25) is 0 Å². The van der Waals surface area contributed by atoms with Crippen LogP contribution in [0.25, 0.3) is 11.0 Å². The van der Waals surface area contributed by atoms with E-state index in [0.717, 1.165) is 25.2 Å². The highest BCUT2D eigenvalue weighted by Crippen LogP contribution is 2.21. The SMILES string of the molecule is O=[N+]([O-])c1nc2ccccc2n1CCN1CCCCC1. The van der Waals surface area contributed by atoms with E-state index in [1.807, 2.05) is 24.3 Å². The lowest BCUT2D eigenvalue weighted by Gasteiger charge is -2.25. The van der Waals surface area contributed by atoms with E-state index < -0.39 is 4.92 Å². The van der Waals surface area contributed by atoms with Crippen LogP contribution in [0.3, 0.4) is 0 Å². The van der Waals surface area contributed by atoms with Gasteiger partial charge in [-0.25, -0.2) is 4.57 Å². The second-order valence-electron chi connectivity index (χ2n) is 5.21. The van der Waals surface area contributed by atoms with E-state index in [1.165, 1.54) is 19.3 Å². The number of rotatable bonds is 4. The Bertz CT molecular complexity index is 617. The fourth-order valence-corrected chi connectivity index (χ4v) is 2.85. The van der Waals surface area contributed by atoms with Crippen molar-refractivity contribution in [2.75, 3.05) is 19.6 Å². The standard InChI is InChI=1S/C14H18N4O2/c19-18(20)14-15-12-6-2-3-7-13(12)17(14)11-10-16-8-4-1-5-9-16/h2-3,6-7H,1,4-5,8-11H2. The van der Waals surface area contributed by atoms with Crippen LogP contribution >= 0.6 is 0 Å². The summed E-state index contributed by atoms with van der Waals surface area (Å²) in [6.07, 6.45) is 3.75. The molecule has 0 radical (unpaired) electrons. The molecular weight excluding hydrogens is 256 g/mol. The van der Waals surface area contributed by atoms with Gasteiger partial charge in [0, 0.05) is 6.54 Å². The second kappa shape index (κ2) is 5.58. The fraction of sp³-hybridized carbons (Fsp3) is 0.500. The number of benzene rings is 1. The molecule has 3 rings (SSSR count). The van der Waals surface area contributed by atoms with Gasteiger partial charge in [0.15, 0.2) is 5.52 Å². The molecular formula is C14H18N4O2. The van der Waals surface area contributed by atoms with Crippen LogP contribution < -0.4 is 0 Å². The molecule has 2 heterocycles. The number of hydrogen-bond acceptors (Lipinski definition) is 4. The maximum absolute atomic E-state index is 11.2. The summed E-state index contributed by atoms with van der Waals surface area (Å²) >= 11 is 0. The second-order valence-corrected chi connectivity index (χ2v) is 5.21. The Morgan fingerprint density at radius 3 is 2.65 bits per heavy atom. The van der Waals surface area contributed by atoms with Crippen molar-refractivity contribution in [3.8, 4) is 0 Å². The number of likely N-dealkylation sites (tertiary alicyclic amines) is 1. The molecule has 0 N–H and O–H groups in total. The number of hydrogen-bond donors (Lipinski definition) is 0. The highest BCUT2D eigenvalue weighted by molar-refractivity contribution is 5.77. The average molecular weight is 274 g/mol. The average Bonchev–Trinajstić information content (AvgIpc) is 2.85. The van der Waals surface area contributed by atoms with E-state index in [4.69, 9.17) is 0 Å². The van der Waals surface area contributed by atoms with Gasteiger partial charge in [-0.05, 0) is 43.0 Å². The van der Waals surface area contributed by atoms with Crippen molar-refractivity contribution in [3.05, 3.63) is 34.4 Å². The van der Waals surface area contributed by atoms with Gasteiger partial charge in [0.1, 0.15) is 5.52 Å². The Morgan fingerprint density at radius 2 is 1.90 bits per heavy atom. The summed E-state index contributed by atoms with van der Waals surface area (Å²) in [7, 11) is 0. The lowest BCUT2D eigenvalue weighted by atomic mass is 10.1. The van der Waals surface area contributed by atoms with Crippen LogP contribution in [0.15, 0.2) is 24.3 Å². The van der Waals surface area contributed by atoms with Crippen molar-refractivity contribution in [2.45, 2.75) is 25.8 Å². The molecule has 6 heteroatoms. The van der Waals surface area contributed by atoms with E-state index in [-0.39, 0.29) is 5.95 Å². The summed E-state index contributed by atoms with van der Waals surface area (Å²) in [5.74, 6) is -0.0526. The summed E-state index contributed by atoms with van der Waals surface area (Å²) < 4.78 is 1.73. The Balaban J connectivity index is 1.84. The molecule has 106 valence electrons. The number of nitro groups is 1. The first-order valence-electron chi connectivity index (χ1n) is 7.08. The quantitative estimate of drug-likeness (QED) is 0.634. The van der Waals surface area contributed by atoms with Gasteiger partial charge < -0.3 is 15.0 Å². The molecule has 1 fully saturated rings. The summed E-state index contributed by atoms with van der Waals surface area (Å²) in [6.45, 7) is 3.67. The van der Waals surface area contributed by atoms with Gasteiger partial charge in [-0.3, -0.25) is 0 Å². The van der Waals surface area contributed by atoms with Gasteiger partial charge in [-0.1, -0.05) is 23.5 Å². The van der Waals surface area contributed by atoms with Crippen molar-refractivity contribution in [2.24, 2.45) is 0 Å². The number of para-hydroxylation sites is 2. The highest BCUT2D eigenvalue weighted by Gasteiger charge is 2.22. The van der Waals surface area contributed by atoms with E-state index in [9.17, 15) is 10.1 Å². The van der Waals surface area contributed by atoms with Crippen molar-refractivity contribution in [1.29, 1.82) is 0 Å². The third kappa shape index (κ3) is 2.51. The number of piperidine rings is 1. The van der Waals surface area contributed by atoms with Gasteiger partial charge in [-0.15, -0.1) is 0 Å². The Morgan fingerprint density at radius 1 is 1.15 bits per heavy atom. The molecule has 0 spiro atoms. The molecule has 1 aromatic carbocycles. The van der Waals surface area contributed by atoms with E-state index in [1.54, 1.807) is 4.57 Å². The first kappa shape index (κ1) is 13.1. The Hall–Kier alpha value is -1.95. The lowest BCUT2D eigenvalue weighted by molar-refractivity contribution is -0.396. The maximum atomic E-state index is 11.2. The number of aromatic nitrogens is 2. The van der Waals surface area contributed by atoms with E-state index >= 15 is 0 Å². The molecule has 0 saturated carbocycles. The minimum atomic E-state index is -0.393. The van der Waals surface area contributed by atoms with Gasteiger partial charge in [0.05, 0.1) is 6.54 Å². The number of fused-ring (bicyclic) bond motifs is 1. The fourth-order valence-electron chi connectivity index (χ4n) is 2.85. The Labute approximate surface area is 117 Å². The van der Waals surface area contributed by atoms with Crippen LogP contribution in [0, 0.1) is 10.1 Å². The van der Waals surface area contributed by atoms with Gasteiger partial charge in [0.25, 0.3) is 0 Å². The topological polar surface area (TPSA) is 64.2 Å². The van der Waals surface area contributed by atoms with E-state index in [2.05, 4.69) is 9.88 Å². The van der Waals surface area contributed by atoms with Gasteiger partial charge >= 0.3 is 5.95 Å². The smallest absolute Gasteiger partial charge is 0.390 e. The summed E-state index contributed by atoms with van der Waals surface area (Å²) in [6, 6.07) is 7.46. The molecule has 1 aromatic heterocycles. The van der Waals surface area contributed by atoms with Gasteiger partial charge in [0.2, 0.25) is 0 Å². The monoisotopic (exact) mass is 274 g/mol. The number of nitrogens with zero attached hydrogens (tertiary/aromatic N) is 4. The zero-order chi connectivity index (χ0) is 13.9. The van der Waals surface area contributed by atoms with Crippen molar-refractivity contribution >= 4 is 17.0 Å². The molecule has 1 aliphatic rings. The van der Waals surface area contributed by atoms with Crippen molar-refractivity contribution < 1.29 is 4.92 Å². The summed E-state index contributed by atoms with van der Waals surface area (Å²) in [4.78, 5) is 17.3. The first-order valence-corrected chi connectivity index (χ1v) is 7.08. The minimum absolute atomic E-state index is 0.0526. The van der Waals surface area contributed by atoms with Crippen LogP contribution in [-0.2, 0) is 6.54 Å². The molecule has 1 saturated heterocycles. The highest BCUT2D eigenvalue weighted by atomic mass is 16.6. The first-order chi connectivity index (χ1) is 9.75. The van der Waals surface area contributed by atoms with E-state index in [0.29, 0.717) is 12.1 Å². The largest absolute Gasteiger partial charge is 0.435 e. The third-order valence-corrected chi connectivity index (χ3v) is 3.89. The molecule has 0 unspecified atom stereocenters. The van der Waals surface area contributed by atoms with Gasteiger partial charge in [-0.2, -0.15) is 0 Å². The predicted octanol–water partition coefficient (Wildman–Crippen LogP) is 2.43. The zero-order valence-corrected chi connectivity index (χ0v) is 11.4. The van der Waals surface area contributed by atoms with Crippen molar-refractivity contribution in [3.63, 3.8) is 0 Å². The molecule has 0 atom stereocenters. The molecule has 2 aromatic rings. The molecule has 20 heavy (non-hydrogen) atoms. The zero-order valence-electron chi connectivity index (χ0n) is 11.4. The van der Waals surface area contributed by atoms with Crippen LogP contribution in [0.5, 0.6) is 0 Å². The molecule has 6 nitrogen and oxygen atoms in total. The predicted molar refractivity (Wildman–Crippen MR) is 76.7 cm³/mol. The molecule has 1 aliphatic heterocycles. The maximum Gasteiger partial charge on any atom is 0.435 e. The molecule has 0 amide bonds. The summed E-state index contributed by atoms with van der Waals surface area (Å²) in [5.41, 5.74) is 1.54. The third-order valence-electron chi connectivity index (χ3n) is 3.89. The number of imidazole rings is 1. The normalized spacial score (nSPS) is 16.6. The molecule has 0 aliphatic carbocycles. The van der Waals surface area contributed by atoms with Crippen LogP contribution in [-0.4, -0.2) is 39.0 Å². The summed E-state index contributed by atoms with van der Waals surface area (Å²) in [5, 5.41) is 11.2. The van der Waals surface area contributed by atoms with Crippen LogP contribution in [0.1, 0.15) is 19.3 Å². The lowest BCUT2D eigenvalue weighted by Crippen LogP contribution is -2.32. The Kier molecular flexibility index (Phi) is 3.64.